The predicted molar refractivity (Wildman–Crippen MR) is 69.5 cm³/mol. The Bertz CT molecular complexity index is 500. The van der Waals surface area contributed by atoms with Gasteiger partial charge in [0.1, 0.15) is 10.7 Å². The SMILES string of the molecule is NC1CCCCC1Nc1ccc(S(N)(=O)=O)cn1. The van der Waals surface area contributed by atoms with Crippen LogP contribution in [0, 0.1) is 0 Å². The van der Waals surface area contributed by atoms with E-state index in [1.165, 1.54) is 12.3 Å². The van der Waals surface area contributed by atoms with Gasteiger partial charge in [0.25, 0.3) is 0 Å². The number of nitrogens with zero attached hydrogens (tertiary/aromatic N) is 1. The molecule has 1 aromatic rings. The predicted octanol–water partition coefficient (Wildman–Crippen LogP) is 0.411. The van der Waals surface area contributed by atoms with Gasteiger partial charge in [-0.1, -0.05) is 12.8 Å². The first-order valence-electron chi connectivity index (χ1n) is 5.98. The van der Waals surface area contributed by atoms with Crippen molar-refractivity contribution in [3.63, 3.8) is 0 Å². The molecule has 0 aromatic carbocycles. The van der Waals surface area contributed by atoms with Gasteiger partial charge < -0.3 is 11.1 Å². The molecular formula is C11H18N4O2S. The smallest absolute Gasteiger partial charge is 0.239 e. The molecule has 1 saturated carbocycles. The summed E-state index contributed by atoms with van der Waals surface area (Å²) in [4.78, 5) is 4.06. The maximum absolute atomic E-state index is 11.1. The summed E-state index contributed by atoms with van der Waals surface area (Å²) in [5, 5.41) is 8.24. The maximum Gasteiger partial charge on any atom is 0.239 e. The number of rotatable bonds is 3. The van der Waals surface area contributed by atoms with Crippen LogP contribution in [0.2, 0.25) is 0 Å². The Labute approximate surface area is 107 Å². The van der Waals surface area contributed by atoms with Crippen molar-refractivity contribution in [1.29, 1.82) is 0 Å². The number of aromatic nitrogens is 1. The molecule has 1 aliphatic carbocycles. The van der Waals surface area contributed by atoms with E-state index in [2.05, 4.69) is 10.3 Å². The fourth-order valence-electron chi connectivity index (χ4n) is 2.16. The Morgan fingerprint density at radius 1 is 1.28 bits per heavy atom. The molecule has 0 saturated heterocycles. The molecule has 1 heterocycles. The standard InChI is InChI=1S/C11H18N4O2S/c12-9-3-1-2-4-10(9)15-11-6-5-8(7-14-11)18(13,16)17/h5-7,9-10H,1-4,12H2,(H,14,15)(H2,13,16,17). The van der Waals surface area contributed by atoms with E-state index in [0.29, 0.717) is 5.82 Å². The van der Waals surface area contributed by atoms with Gasteiger partial charge >= 0.3 is 0 Å². The van der Waals surface area contributed by atoms with Crippen LogP contribution in [0.25, 0.3) is 0 Å². The average molecular weight is 270 g/mol. The number of pyridine rings is 1. The van der Waals surface area contributed by atoms with Gasteiger partial charge in [-0.15, -0.1) is 0 Å². The highest BCUT2D eigenvalue weighted by Crippen LogP contribution is 2.20. The highest BCUT2D eigenvalue weighted by atomic mass is 32.2. The van der Waals surface area contributed by atoms with Crippen molar-refractivity contribution < 1.29 is 8.42 Å². The summed E-state index contributed by atoms with van der Waals surface area (Å²) < 4.78 is 22.2. The zero-order valence-corrected chi connectivity index (χ0v) is 10.9. The van der Waals surface area contributed by atoms with E-state index in [0.717, 1.165) is 25.7 Å². The fraction of sp³-hybridized carbons (Fsp3) is 0.545. The van der Waals surface area contributed by atoms with E-state index in [9.17, 15) is 8.42 Å². The monoisotopic (exact) mass is 270 g/mol. The number of nitrogens with one attached hydrogen (secondary N) is 1. The van der Waals surface area contributed by atoms with Crippen LogP contribution in [-0.4, -0.2) is 25.5 Å². The minimum atomic E-state index is -3.68. The Morgan fingerprint density at radius 3 is 2.56 bits per heavy atom. The number of sulfonamides is 1. The second-order valence-electron chi connectivity index (χ2n) is 4.62. The van der Waals surface area contributed by atoms with Crippen LogP contribution in [0.5, 0.6) is 0 Å². The molecule has 0 spiro atoms. The van der Waals surface area contributed by atoms with Crippen molar-refractivity contribution in [2.45, 2.75) is 42.7 Å². The molecule has 2 unspecified atom stereocenters. The minimum Gasteiger partial charge on any atom is -0.366 e. The number of anilines is 1. The van der Waals surface area contributed by atoms with Crippen LogP contribution in [0.15, 0.2) is 23.2 Å². The molecule has 0 bridgehead atoms. The Balaban J connectivity index is 2.06. The Morgan fingerprint density at radius 2 is 2.00 bits per heavy atom. The quantitative estimate of drug-likeness (QED) is 0.736. The summed E-state index contributed by atoms with van der Waals surface area (Å²) in [6.45, 7) is 0. The zero-order chi connectivity index (χ0) is 13.2. The maximum atomic E-state index is 11.1. The van der Waals surface area contributed by atoms with Crippen molar-refractivity contribution in [2.24, 2.45) is 10.9 Å². The lowest BCUT2D eigenvalue weighted by molar-refractivity contribution is 0.403. The van der Waals surface area contributed by atoms with Crippen LogP contribution in [0.1, 0.15) is 25.7 Å². The summed E-state index contributed by atoms with van der Waals surface area (Å²) >= 11 is 0. The van der Waals surface area contributed by atoms with Gasteiger partial charge in [-0.05, 0) is 25.0 Å². The molecule has 18 heavy (non-hydrogen) atoms. The third-order valence-electron chi connectivity index (χ3n) is 3.22. The number of hydrogen-bond acceptors (Lipinski definition) is 5. The number of hydrogen-bond donors (Lipinski definition) is 3. The van der Waals surface area contributed by atoms with Gasteiger partial charge in [0.05, 0.1) is 0 Å². The fourth-order valence-corrected chi connectivity index (χ4v) is 2.62. The van der Waals surface area contributed by atoms with E-state index in [4.69, 9.17) is 10.9 Å². The normalized spacial score (nSPS) is 24.8. The topological polar surface area (TPSA) is 111 Å². The van der Waals surface area contributed by atoms with Gasteiger partial charge in [0.15, 0.2) is 0 Å². The summed E-state index contributed by atoms with van der Waals surface area (Å²) in [6.07, 6.45) is 5.59. The van der Waals surface area contributed by atoms with Crippen molar-refractivity contribution in [2.75, 3.05) is 5.32 Å². The number of primary sulfonamides is 1. The molecule has 2 rings (SSSR count). The highest BCUT2D eigenvalue weighted by molar-refractivity contribution is 7.89. The summed E-state index contributed by atoms with van der Waals surface area (Å²) in [7, 11) is -3.68. The van der Waals surface area contributed by atoms with Crippen LogP contribution in [-0.2, 0) is 10.0 Å². The first kappa shape index (κ1) is 13.3. The first-order valence-corrected chi connectivity index (χ1v) is 7.52. The minimum absolute atomic E-state index is 0.0148. The molecule has 6 nitrogen and oxygen atoms in total. The summed E-state index contributed by atoms with van der Waals surface area (Å²) in [5.74, 6) is 0.629. The van der Waals surface area contributed by atoms with Crippen LogP contribution in [0.3, 0.4) is 0 Å². The van der Waals surface area contributed by atoms with Crippen molar-refractivity contribution >= 4 is 15.8 Å². The van der Waals surface area contributed by atoms with Gasteiger partial charge in [-0.25, -0.2) is 18.5 Å². The molecule has 0 aliphatic heterocycles. The molecule has 1 aliphatic rings. The van der Waals surface area contributed by atoms with E-state index in [-0.39, 0.29) is 17.0 Å². The van der Waals surface area contributed by atoms with E-state index < -0.39 is 10.0 Å². The second kappa shape index (κ2) is 5.21. The average Bonchev–Trinajstić information content (AvgIpc) is 2.32. The Kier molecular flexibility index (Phi) is 3.84. The van der Waals surface area contributed by atoms with Gasteiger partial charge in [0, 0.05) is 18.3 Å². The summed E-state index contributed by atoms with van der Waals surface area (Å²) in [6, 6.07) is 3.38. The van der Waals surface area contributed by atoms with Crippen LogP contribution < -0.4 is 16.2 Å². The largest absolute Gasteiger partial charge is 0.366 e. The number of nitrogens with two attached hydrogens (primary N) is 2. The Hall–Kier alpha value is -1.18. The molecule has 5 N–H and O–H groups in total. The second-order valence-corrected chi connectivity index (χ2v) is 6.18. The third-order valence-corrected chi connectivity index (χ3v) is 4.12. The van der Waals surface area contributed by atoms with Crippen LogP contribution >= 0.6 is 0 Å². The molecule has 0 amide bonds. The molecular weight excluding hydrogens is 252 g/mol. The molecule has 2 atom stereocenters. The molecule has 1 fully saturated rings. The van der Waals surface area contributed by atoms with Crippen molar-refractivity contribution in [3.8, 4) is 0 Å². The lowest BCUT2D eigenvalue weighted by Gasteiger charge is -2.29. The van der Waals surface area contributed by atoms with Crippen molar-refractivity contribution in [1.82, 2.24) is 4.98 Å². The lowest BCUT2D eigenvalue weighted by atomic mass is 9.91. The molecule has 7 heteroatoms. The zero-order valence-electron chi connectivity index (χ0n) is 10.0. The molecule has 0 radical (unpaired) electrons. The highest BCUT2D eigenvalue weighted by Gasteiger charge is 2.21. The van der Waals surface area contributed by atoms with E-state index in [1.807, 2.05) is 0 Å². The van der Waals surface area contributed by atoms with E-state index in [1.54, 1.807) is 6.07 Å². The molecule has 1 aromatic heterocycles. The van der Waals surface area contributed by atoms with Gasteiger partial charge in [-0.3, -0.25) is 0 Å². The van der Waals surface area contributed by atoms with Gasteiger partial charge in [0.2, 0.25) is 10.0 Å². The van der Waals surface area contributed by atoms with Crippen molar-refractivity contribution in [3.05, 3.63) is 18.3 Å². The summed E-state index contributed by atoms with van der Waals surface area (Å²) in [5.41, 5.74) is 6.02. The first-order chi connectivity index (χ1) is 8.47. The third kappa shape index (κ3) is 3.18. The lowest BCUT2D eigenvalue weighted by Crippen LogP contribution is -2.42. The van der Waals surface area contributed by atoms with E-state index >= 15 is 0 Å². The van der Waals surface area contributed by atoms with Crippen LogP contribution in [0.4, 0.5) is 5.82 Å². The molecule has 100 valence electrons. The van der Waals surface area contributed by atoms with Gasteiger partial charge in [-0.2, -0.15) is 0 Å².